The molecule has 0 bridgehead atoms. The quantitative estimate of drug-likeness (QED) is 0.644. The molecule has 2 aromatic carbocycles. The van der Waals surface area contributed by atoms with Crippen molar-refractivity contribution in [3.8, 4) is 28.4 Å². The molecule has 0 heterocycles. The zero-order valence-corrected chi connectivity index (χ0v) is 16.4. The van der Waals surface area contributed by atoms with E-state index >= 15 is 0 Å². The number of ketones is 1. The average molecular weight is 384 g/mol. The van der Waals surface area contributed by atoms with Gasteiger partial charge in [0.15, 0.2) is 23.9 Å². The Morgan fingerprint density at radius 1 is 0.964 bits per heavy atom. The summed E-state index contributed by atoms with van der Waals surface area (Å²) in [6.45, 7) is 2.03. The molecule has 148 valence electrons. The maximum absolute atomic E-state index is 12.1. The van der Waals surface area contributed by atoms with Crippen molar-refractivity contribution in [1.82, 2.24) is 0 Å². The van der Waals surface area contributed by atoms with Crippen LogP contribution in [0, 0.1) is 0 Å². The summed E-state index contributed by atoms with van der Waals surface area (Å²) >= 11 is 0. The van der Waals surface area contributed by atoms with Crippen LogP contribution >= 0.6 is 0 Å². The Morgan fingerprint density at radius 3 is 2.46 bits per heavy atom. The lowest BCUT2D eigenvalue weighted by Crippen LogP contribution is -2.16. The van der Waals surface area contributed by atoms with Gasteiger partial charge in [0.1, 0.15) is 0 Å². The van der Waals surface area contributed by atoms with Crippen molar-refractivity contribution in [1.29, 1.82) is 0 Å². The lowest BCUT2D eigenvalue weighted by Gasteiger charge is -2.19. The molecule has 0 atom stereocenters. The van der Waals surface area contributed by atoms with Crippen molar-refractivity contribution in [3.63, 3.8) is 0 Å². The van der Waals surface area contributed by atoms with Gasteiger partial charge in [0.2, 0.25) is 5.75 Å². The first-order valence-electron chi connectivity index (χ1n) is 9.29. The number of fused-ring (bicyclic) bond motifs is 1. The fourth-order valence-corrected chi connectivity index (χ4v) is 3.39. The highest BCUT2D eigenvalue weighted by molar-refractivity contribution is 6.02. The predicted octanol–water partition coefficient (Wildman–Crippen LogP) is 3.83. The number of benzene rings is 2. The molecule has 6 heteroatoms. The van der Waals surface area contributed by atoms with Crippen LogP contribution in [-0.2, 0) is 16.0 Å². The number of hydrogen-bond acceptors (Lipinski definition) is 6. The Morgan fingerprint density at radius 2 is 1.75 bits per heavy atom. The fraction of sp³-hybridized carbons (Fsp3) is 0.364. The Hall–Kier alpha value is -3.02. The third-order valence-electron chi connectivity index (χ3n) is 4.67. The molecule has 0 amide bonds. The van der Waals surface area contributed by atoms with Gasteiger partial charge in [-0.2, -0.15) is 0 Å². The Kier molecular flexibility index (Phi) is 6.19. The maximum Gasteiger partial charge on any atom is 0.344 e. The van der Waals surface area contributed by atoms with Crippen LogP contribution in [0.4, 0.5) is 0 Å². The zero-order chi connectivity index (χ0) is 20.1. The van der Waals surface area contributed by atoms with E-state index in [-0.39, 0.29) is 12.4 Å². The molecule has 6 nitrogen and oxygen atoms in total. The highest BCUT2D eigenvalue weighted by atomic mass is 16.6. The number of carbonyl (C=O) groups excluding carboxylic acids is 2. The van der Waals surface area contributed by atoms with E-state index in [1.807, 2.05) is 31.2 Å². The first kappa shape index (κ1) is 19.7. The molecule has 2 aromatic rings. The van der Waals surface area contributed by atoms with Gasteiger partial charge in [-0.05, 0) is 36.1 Å². The minimum Gasteiger partial charge on any atom is -0.493 e. The molecule has 3 rings (SSSR count). The van der Waals surface area contributed by atoms with Crippen molar-refractivity contribution < 1.29 is 28.5 Å². The molecule has 0 unspecified atom stereocenters. The van der Waals surface area contributed by atoms with Gasteiger partial charge in [-0.3, -0.25) is 4.79 Å². The second kappa shape index (κ2) is 8.78. The van der Waals surface area contributed by atoms with Crippen LogP contribution in [0.25, 0.3) is 11.1 Å². The topological polar surface area (TPSA) is 71.1 Å². The molecule has 0 radical (unpaired) electrons. The van der Waals surface area contributed by atoms with Crippen molar-refractivity contribution in [3.05, 3.63) is 41.5 Å². The summed E-state index contributed by atoms with van der Waals surface area (Å²) < 4.78 is 21.8. The Bertz CT molecular complexity index is 887. The van der Waals surface area contributed by atoms with Gasteiger partial charge in [0.25, 0.3) is 0 Å². The second-order valence-corrected chi connectivity index (χ2v) is 6.44. The number of carbonyl (C=O) groups is 2. The molecule has 0 saturated carbocycles. The van der Waals surface area contributed by atoms with Gasteiger partial charge in [0, 0.05) is 17.5 Å². The fourth-order valence-electron chi connectivity index (χ4n) is 3.39. The summed E-state index contributed by atoms with van der Waals surface area (Å²) in [5.41, 5.74) is 3.35. The molecule has 0 aliphatic heterocycles. The summed E-state index contributed by atoms with van der Waals surface area (Å²) in [6.07, 6.45) is 1.92. The van der Waals surface area contributed by atoms with Crippen LogP contribution in [0.5, 0.6) is 17.2 Å². The second-order valence-electron chi connectivity index (χ2n) is 6.44. The monoisotopic (exact) mass is 384 g/mol. The van der Waals surface area contributed by atoms with Crippen molar-refractivity contribution >= 4 is 11.8 Å². The van der Waals surface area contributed by atoms with Crippen LogP contribution in [0.2, 0.25) is 0 Å². The molecule has 0 aromatic heterocycles. The van der Waals surface area contributed by atoms with Crippen LogP contribution < -0.4 is 14.2 Å². The van der Waals surface area contributed by atoms with Crippen LogP contribution in [0.3, 0.4) is 0 Å². The molecule has 0 N–H and O–H groups in total. The first-order valence-corrected chi connectivity index (χ1v) is 9.29. The lowest BCUT2D eigenvalue weighted by atomic mass is 9.95. The normalized spacial score (nSPS) is 12.5. The minimum absolute atomic E-state index is 0.142. The van der Waals surface area contributed by atoms with Gasteiger partial charge in [-0.1, -0.05) is 25.1 Å². The van der Waals surface area contributed by atoms with E-state index in [9.17, 15) is 9.59 Å². The number of hydrogen-bond donors (Lipinski definition) is 0. The largest absolute Gasteiger partial charge is 0.493 e. The summed E-state index contributed by atoms with van der Waals surface area (Å²) in [6, 6.07) is 9.28. The average Bonchev–Trinajstić information content (AvgIpc) is 3.11. The Labute approximate surface area is 164 Å². The molecule has 0 fully saturated rings. The van der Waals surface area contributed by atoms with Gasteiger partial charge >= 0.3 is 5.97 Å². The van der Waals surface area contributed by atoms with Gasteiger partial charge in [-0.15, -0.1) is 0 Å². The molecule has 0 saturated heterocycles. The van der Waals surface area contributed by atoms with Crippen molar-refractivity contribution in [2.45, 2.75) is 26.2 Å². The molecule has 1 aliphatic rings. The van der Waals surface area contributed by atoms with E-state index in [1.165, 1.54) is 14.2 Å². The number of methoxy groups -OCH3 is 2. The van der Waals surface area contributed by atoms with Gasteiger partial charge in [0.05, 0.1) is 20.8 Å². The summed E-state index contributed by atoms with van der Waals surface area (Å²) in [7, 11) is 3.05. The van der Waals surface area contributed by atoms with Gasteiger partial charge < -0.3 is 18.9 Å². The third kappa shape index (κ3) is 3.81. The van der Waals surface area contributed by atoms with Crippen molar-refractivity contribution in [2.75, 3.05) is 27.4 Å². The van der Waals surface area contributed by atoms with Gasteiger partial charge in [-0.25, -0.2) is 4.79 Å². The van der Waals surface area contributed by atoms with Crippen molar-refractivity contribution in [2.24, 2.45) is 0 Å². The van der Waals surface area contributed by atoms with E-state index < -0.39 is 5.97 Å². The maximum atomic E-state index is 12.1. The lowest BCUT2D eigenvalue weighted by molar-refractivity contribution is -0.146. The number of ether oxygens (including phenoxy) is 4. The molecule has 0 spiro atoms. The SMILES string of the molecule is CCCOC(=O)COc1c(-c2cccc3c2CCC3=O)ccc(OC)c1OC. The van der Waals surface area contributed by atoms with Crippen LogP contribution in [-0.4, -0.2) is 39.2 Å². The first-order chi connectivity index (χ1) is 13.6. The van der Waals surface area contributed by atoms with Crippen LogP contribution in [0.1, 0.15) is 35.7 Å². The number of rotatable bonds is 8. The minimum atomic E-state index is -0.453. The van der Waals surface area contributed by atoms with E-state index in [1.54, 1.807) is 6.07 Å². The number of esters is 1. The molecule has 28 heavy (non-hydrogen) atoms. The summed E-state index contributed by atoms with van der Waals surface area (Å²) in [5.74, 6) is 0.967. The summed E-state index contributed by atoms with van der Waals surface area (Å²) in [5, 5.41) is 0. The van der Waals surface area contributed by atoms with E-state index in [0.29, 0.717) is 36.7 Å². The smallest absolute Gasteiger partial charge is 0.344 e. The standard InChI is InChI=1S/C22H24O6/c1-4-12-27-20(24)13-28-21-17(9-11-19(25-2)22(21)26-3)14-6-5-7-16-15(14)8-10-18(16)23/h5-7,9,11H,4,8,10,12-13H2,1-3H3. The van der Waals surface area contributed by atoms with E-state index in [4.69, 9.17) is 18.9 Å². The number of Topliss-reactive ketones (excluding diaryl/α,β-unsaturated/α-hetero) is 1. The highest BCUT2D eigenvalue weighted by Gasteiger charge is 2.26. The summed E-state index contributed by atoms with van der Waals surface area (Å²) in [4.78, 5) is 24.1. The molecular formula is C22H24O6. The molecule has 1 aliphatic carbocycles. The predicted molar refractivity (Wildman–Crippen MR) is 104 cm³/mol. The van der Waals surface area contributed by atoms with E-state index in [2.05, 4.69) is 0 Å². The third-order valence-corrected chi connectivity index (χ3v) is 4.67. The van der Waals surface area contributed by atoms with E-state index in [0.717, 1.165) is 28.7 Å². The van der Waals surface area contributed by atoms with Crippen LogP contribution in [0.15, 0.2) is 30.3 Å². The Balaban J connectivity index is 2.04. The molecular weight excluding hydrogens is 360 g/mol. The zero-order valence-electron chi connectivity index (χ0n) is 16.4. The highest BCUT2D eigenvalue weighted by Crippen LogP contribution is 2.46.